The van der Waals surface area contributed by atoms with E-state index < -0.39 is 0 Å². The maximum Gasteiger partial charge on any atom is 0.0666 e. The van der Waals surface area contributed by atoms with Gasteiger partial charge in [-0.25, -0.2) is 0 Å². The van der Waals surface area contributed by atoms with Gasteiger partial charge in [-0.1, -0.05) is 42.5 Å². The molecule has 2 aromatic rings. The quantitative estimate of drug-likeness (QED) is 0.909. The second-order valence-electron chi connectivity index (χ2n) is 5.35. The van der Waals surface area contributed by atoms with Crippen molar-refractivity contribution < 1.29 is 4.74 Å². The van der Waals surface area contributed by atoms with Gasteiger partial charge < -0.3 is 10.5 Å². The van der Waals surface area contributed by atoms with Crippen molar-refractivity contribution in [2.24, 2.45) is 5.73 Å². The van der Waals surface area contributed by atoms with E-state index >= 15 is 0 Å². The van der Waals surface area contributed by atoms with E-state index in [1.54, 1.807) is 0 Å². The van der Waals surface area contributed by atoms with E-state index in [4.69, 9.17) is 10.5 Å². The molecule has 0 saturated carbocycles. The number of hydrogen-bond acceptors (Lipinski definition) is 3. The number of nitrogens with two attached hydrogens (primary N) is 1. The third-order valence-electron chi connectivity index (χ3n) is 3.85. The molecule has 2 N–H and O–H groups in total. The first-order chi connectivity index (χ1) is 9.84. The van der Waals surface area contributed by atoms with Crippen molar-refractivity contribution >= 4 is 22.5 Å². The first-order valence-corrected chi connectivity index (χ1v) is 8.42. The molecule has 0 bridgehead atoms. The minimum absolute atomic E-state index is 0.0903. The standard InChI is InChI=1S/C17H21NOS/c18-17(12-20-11-14-7-4-10-19-14)16-9-3-6-13-5-1-2-8-15(13)16/h1-3,5-6,8-9,14,17H,4,7,10-12,18H2. The predicted octanol–water partition coefficient (Wildman–Crippen LogP) is 3.75. The average Bonchev–Trinajstić information content (AvgIpc) is 3.00. The Morgan fingerprint density at radius 2 is 2.05 bits per heavy atom. The summed E-state index contributed by atoms with van der Waals surface area (Å²) in [7, 11) is 0. The molecule has 2 unspecified atom stereocenters. The van der Waals surface area contributed by atoms with Crippen LogP contribution in [0.25, 0.3) is 10.8 Å². The van der Waals surface area contributed by atoms with Crippen molar-refractivity contribution in [1.29, 1.82) is 0 Å². The van der Waals surface area contributed by atoms with Crippen LogP contribution < -0.4 is 5.73 Å². The lowest BCUT2D eigenvalue weighted by Crippen LogP contribution is -2.16. The van der Waals surface area contributed by atoms with Gasteiger partial charge in [0.1, 0.15) is 0 Å². The van der Waals surface area contributed by atoms with E-state index in [1.807, 2.05) is 11.8 Å². The van der Waals surface area contributed by atoms with Gasteiger partial charge in [-0.3, -0.25) is 0 Å². The van der Waals surface area contributed by atoms with E-state index in [9.17, 15) is 0 Å². The van der Waals surface area contributed by atoms with Gasteiger partial charge in [-0.2, -0.15) is 11.8 Å². The van der Waals surface area contributed by atoms with E-state index in [0.717, 1.165) is 18.1 Å². The number of thioether (sulfide) groups is 1. The van der Waals surface area contributed by atoms with Gasteiger partial charge in [0.05, 0.1) is 6.10 Å². The molecule has 2 aromatic carbocycles. The van der Waals surface area contributed by atoms with Crippen LogP contribution >= 0.6 is 11.8 Å². The number of ether oxygens (including phenoxy) is 1. The molecule has 3 rings (SSSR count). The van der Waals surface area contributed by atoms with Gasteiger partial charge in [0.2, 0.25) is 0 Å². The molecule has 1 saturated heterocycles. The number of hydrogen-bond donors (Lipinski definition) is 1. The van der Waals surface area contributed by atoms with Crippen LogP contribution in [0.4, 0.5) is 0 Å². The fraction of sp³-hybridized carbons (Fsp3) is 0.412. The molecule has 106 valence electrons. The lowest BCUT2D eigenvalue weighted by atomic mass is 10.0. The molecule has 2 nitrogen and oxygen atoms in total. The van der Waals surface area contributed by atoms with Crippen LogP contribution in [0.1, 0.15) is 24.4 Å². The first-order valence-electron chi connectivity index (χ1n) is 7.27. The Balaban J connectivity index is 1.64. The van der Waals surface area contributed by atoms with Crippen molar-refractivity contribution in [1.82, 2.24) is 0 Å². The Morgan fingerprint density at radius 3 is 2.90 bits per heavy atom. The van der Waals surface area contributed by atoms with Crippen LogP contribution in [0.2, 0.25) is 0 Å². The smallest absolute Gasteiger partial charge is 0.0666 e. The Morgan fingerprint density at radius 1 is 1.20 bits per heavy atom. The van der Waals surface area contributed by atoms with Gasteiger partial charge in [-0.15, -0.1) is 0 Å². The summed E-state index contributed by atoms with van der Waals surface area (Å²) in [6.45, 7) is 0.931. The summed E-state index contributed by atoms with van der Waals surface area (Å²) >= 11 is 1.91. The Kier molecular flexibility index (Phi) is 4.61. The minimum Gasteiger partial charge on any atom is -0.377 e. The number of fused-ring (bicyclic) bond motifs is 1. The van der Waals surface area contributed by atoms with Crippen LogP contribution in [0.15, 0.2) is 42.5 Å². The maximum atomic E-state index is 6.38. The maximum absolute atomic E-state index is 6.38. The second kappa shape index (κ2) is 6.61. The number of benzene rings is 2. The van der Waals surface area contributed by atoms with Crippen LogP contribution in [0, 0.1) is 0 Å². The van der Waals surface area contributed by atoms with Crippen molar-refractivity contribution in [2.75, 3.05) is 18.1 Å². The van der Waals surface area contributed by atoms with Gasteiger partial charge >= 0.3 is 0 Å². The third kappa shape index (κ3) is 3.17. The highest BCUT2D eigenvalue weighted by Crippen LogP contribution is 2.26. The highest BCUT2D eigenvalue weighted by Gasteiger charge is 2.16. The molecule has 0 aliphatic carbocycles. The number of rotatable bonds is 5. The molecular weight excluding hydrogens is 266 g/mol. The Bertz CT molecular complexity index is 560. The Hall–Kier alpha value is -1.03. The van der Waals surface area contributed by atoms with Gasteiger partial charge in [0.15, 0.2) is 0 Å². The highest BCUT2D eigenvalue weighted by atomic mass is 32.2. The molecular formula is C17H21NOS. The summed E-state index contributed by atoms with van der Waals surface area (Å²) in [4.78, 5) is 0. The summed E-state index contributed by atoms with van der Waals surface area (Å²) in [6, 6.07) is 14.9. The van der Waals surface area contributed by atoms with Crippen molar-refractivity contribution in [3.63, 3.8) is 0 Å². The highest BCUT2D eigenvalue weighted by molar-refractivity contribution is 7.99. The van der Waals surface area contributed by atoms with E-state index in [2.05, 4.69) is 42.5 Å². The zero-order valence-corrected chi connectivity index (χ0v) is 12.4. The SMILES string of the molecule is NC(CSCC1CCCO1)c1cccc2ccccc12. The van der Waals surface area contributed by atoms with Crippen LogP contribution in [-0.2, 0) is 4.74 Å². The molecule has 1 aliphatic heterocycles. The third-order valence-corrected chi connectivity index (χ3v) is 5.05. The van der Waals surface area contributed by atoms with Gasteiger partial charge in [-0.05, 0) is 29.2 Å². The van der Waals surface area contributed by atoms with E-state index in [1.165, 1.54) is 29.2 Å². The monoisotopic (exact) mass is 287 g/mol. The van der Waals surface area contributed by atoms with Crippen LogP contribution in [0.3, 0.4) is 0 Å². The molecule has 20 heavy (non-hydrogen) atoms. The van der Waals surface area contributed by atoms with E-state index in [0.29, 0.717) is 6.10 Å². The molecule has 3 heteroatoms. The fourth-order valence-electron chi connectivity index (χ4n) is 2.77. The molecule has 1 heterocycles. The lowest BCUT2D eigenvalue weighted by molar-refractivity contribution is 0.129. The molecule has 1 fully saturated rings. The topological polar surface area (TPSA) is 35.2 Å². The lowest BCUT2D eigenvalue weighted by Gasteiger charge is -2.16. The largest absolute Gasteiger partial charge is 0.377 e. The predicted molar refractivity (Wildman–Crippen MR) is 87.2 cm³/mol. The summed E-state index contributed by atoms with van der Waals surface area (Å²) in [5, 5.41) is 2.55. The molecule has 1 aliphatic rings. The van der Waals surface area contributed by atoms with Crippen LogP contribution in [0.5, 0.6) is 0 Å². The summed E-state index contributed by atoms with van der Waals surface area (Å²) in [5.41, 5.74) is 7.64. The zero-order valence-electron chi connectivity index (χ0n) is 11.6. The van der Waals surface area contributed by atoms with Crippen molar-refractivity contribution in [3.8, 4) is 0 Å². The summed E-state index contributed by atoms with van der Waals surface area (Å²) < 4.78 is 5.65. The molecule has 0 radical (unpaired) electrons. The minimum atomic E-state index is 0.0903. The average molecular weight is 287 g/mol. The molecule has 0 amide bonds. The van der Waals surface area contributed by atoms with Gasteiger partial charge in [0, 0.05) is 24.2 Å². The summed E-state index contributed by atoms with van der Waals surface area (Å²) in [6.07, 6.45) is 2.86. The fourth-order valence-corrected chi connectivity index (χ4v) is 3.86. The zero-order chi connectivity index (χ0) is 13.8. The Labute approximate surface area is 124 Å². The second-order valence-corrected chi connectivity index (χ2v) is 6.42. The first kappa shape index (κ1) is 13.9. The molecule has 0 spiro atoms. The van der Waals surface area contributed by atoms with Crippen LogP contribution in [-0.4, -0.2) is 24.2 Å². The van der Waals surface area contributed by atoms with Crippen molar-refractivity contribution in [3.05, 3.63) is 48.0 Å². The van der Waals surface area contributed by atoms with E-state index in [-0.39, 0.29) is 6.04 Å². The molecule has 0 aromatic heterocycles. The van der Waals surface area contributed by atoms with Crippen molar-refractivity contribution in [2.45, 2.75) is 25.0 Å². The molecule has 2 atom stereocenters. The normalized spacial score (nSPS) is 20.4. The summed E-state index contributed by atoms with van der Waals surface area (Å²) in [5.74, 6) is 2.02. The van der Waals surface area contributed by atoms with Gasteiger partial charge in [0.25, 0.3) is 0 Å².